The number of likely N-dealkylation sites (tertiary alicyclic amines) is 1. The highest BCUT2D eigenvalue weighted by Gasteiger charge is 2.41. The van der Waals surface area contributed by atoms with Crippen LogP contribution in [0, 0.1) is 5.92 Å². The van der Waals surface area contributed by atoms with Gasteiger partial charge in [0.1, 0.15) is 48.3 Å². The van der Waals surface area contributed by atoms with Gasteiger partial charge < -0.3 is 75.8 Å². The molecule has 9 atom stereocenters. The first-order valence-corrected chi connectivity index (χ1v) is 25.2. The summed E-state index contributed by atoms with van der Waals surface area (Å²) in [7, 11) is 0. The van der Waals surface area contributed by atoms with Crippen LogP contribution >= 0.6 is 37.0 Å². The molecule has 1 fully saturated rings. The number of amides is 10. The van der Waals surface area contributed by atoms with E-state index in [1.807, 2.05) is 6.26 Å². The number of thiol groups is 2. The summed E-state index contributed by atoms with van der Waals surface area (Å²) in [5.41, 5.74) is 28.1. The minimum atomic E-state index is -1.50. The molecule has 0 radical (unpaired) electrons. The number of carbonyl (C=O) groups is 10. The van der Waals surface area contributed by atoms with Gasteiger partial charge in [0.05, 0.1) is 12.4 Å². The van der Waals surface area contributed by atoms with Gasteiger partial charge in [0.15, 0.2) is 5.96 Å². The van der Waals surface area contributed by atoms with Crippen molar-refractivity contribution in [3.8, 4) is 0 Å². The molecule has 0 saturated carbocycles. The Bertz CT molecular complexity index is 1990. The van der Waals surface area contributed by atoms with E-state index in [-0.39, 0.29) is 75.5 Å². The number of nitrogens with two attached hydrogens (primary N) is 5. The number of aromatic nitrogens is 2. The second-order valence-corrected chi connectivity index (χ2v) is 18.6. The van der Waals surface area contributed by atoms with Gasteiger partial charge in [-0.3, -0.25) is 52.9 Å². The Hall–Kier alpha value is -5.81. The third kappa shape index (κ3) is 20.3. The molecule has 0 aromatic carbocycles. The Morgan fingerprint density at radius 3 is 1.80 bits per heavy atom. The highest BCUT2D eigenvalue weighted by molar-refractivity contribution is 7.98. The van der Waals surface area contributed by atoms with Gasteiger partial charge in [-0.15, -0.1) is 0 Å². The van der Waals surface area contributed by atoms with Crippen LogP contribution in [0.4, 0.5) is 0 Å². The van der Waals surface area contributed by atoms with Crippen molar-refractivity contribution in [3.05, 3.63) is 18.2 Å². The molecule has 26 nitrogen and oxygen atoms in total. The van der Waals surface area contributed by atoms with Gasteiger partial charge >= 0.3 is 0 Å². The fourth-order valence-corrected chi connectivity index (χ4v) is 7.95. The Morgan fingerprint density at radius 2 is 1.29 bits per heavy atom. The van der Waals surface area contributed by atoms with Gasteiger partial charge in [-0.2, -0.15) is 37.0 Å². The summed E-state index contributed by atoms with van der Waals surface area (Å²) in [4.78, 5) is 145. The van der Waals surface area contributed by atoms with Crippen LogP contribution in [0.15, 0.2) is 17.5 Å². The van der Waals surface area contributed by atoms with Crippen molar-refractivity contribution in [1.29, 1.82) is 0 Å². The summed E-state index contributed by atoms with van der Waals surface area (Å²) in [6.07, 6.45) is 4.80. The van der Waals surface area contributed by atoms with Gasteiger partial charge in [-0.05, 0) is 63.4 Å². The Labute approximate surface area is 421 Å². The van der Waals surface area contributed by atoms with E-state index in [2.05, 4.69) is 77.4 Å². The molecular weight excluding hydrogens is 973 g/mol. The minimum absolute atomic E-state index is 0.00314. The normalized spacial score (nSPS) is 16.7. The van der Waals surface area contributed by atoms with Crippen molar-refractivity contribution in [2.24, 2.45) is 39.6 Å². The zero-order valence-corrected chi connectivity index (χ0v) is 42.3. The molecule has 1 aromatic heterocycles. The van der Waals surface area contributed by atoms with E-state index in [9.17, 15) is 47.9 Å². The molecule has 1 saturated heterocycles. The number of hydrogen-bond donors (Lipinski definition) is 15. The molecule has 2 rings (SSSR count). The molecule has 2 heterocycles. The summed E-state index contributed by atoms with van der Waals surface area (Å²) in [6, 6.07) is -10.9. The molecule has 0 aliphatic carbocycles. The largest absolute Gasteiger partial charge is 0.370 e. The average molecular weight is 1040 g/mol. The highest BCUT2D eigenvalue weighted by atomic mass is 32.2. The van der Waals surface area contributed by atoms with Crippen molar-refractivity contribution >= 4 is 102 Å². The van der Waals surface area contributed by atoms with E-state index in [1.165, 1.54) is 36.1 Å². The van der Waals surface area contributed by atoms with Gasteiger partial charge in [0, 0.05) is 49.3 Å². The van der Waals surface area contributed by atoms with E-state index in [1.54, 1.807) is 13.8 Å². The smallest absolute Gasteiger partial charge is 0.246 e. The van der Waals surface area contributed by atoms with Crippen LogP contribution in [-0.4, -0.2) is 171 Å². The second-order valence-electron chi connectivity index (χ2n) is 16.9. The summed E-state index contributed by atoms with van der Waals surface area (Å²) in [6.45, 7) is 4.87. The third-order valence-electron chi connectivity index (χ3n) is 10.9. The number of imidazole rings is 1. The first-order chi connectivity index (χ1) is 33.0. The molecule has 1 aliphatic heterocycles. The number of primary amides is 2. The van der Waals surface area contributed by atoms with Crippen LogP contribution in [0.3, 0.4) is 0 Å². The predicted molar refractivity (Wildman–Crippen MR) is 267 cm³/mol. The third-order valence-corrected chi connectivity index (χ3v) is 12.3. The van der Waals surface area contributed by atoms with Crippen LogP contribution in [0.1, 0.15) is 71.4 Å². The zero-order chi connectivity index (χ0) is 52.7. The number of carbonyl (C=O) groups excluding carboxylic acids is 10. The van der Waals surface area contributed by atoms with Crippen molar-refractivity contribution in [2.75, 3.05) is 36.6 Å². The molecular formula is C41H70N16O10S3. The fraction of sp³-hybridized carbons (Fsp3) is 0.659. The first kappa shape index (κ1) is 60.3. The van der Waals surface area contributed by atoms with E-state index in [4.69, 9.17) is 28.7 Å². The zero-order valence-electron chi connectivity index (χ0n) is 39.7. The Balaban J connectivity index is 2.31. The molecule has 70 heavy (non-hydrogen) atoms. The molecule has 0 bridgehead atoms. The molecule has 1 aliphatic rings. The Kier molecular flexibility index (Phi) is 26.5. The molecule has 0 spiro atoms. The number of guanidine groups is 1. The lowest BCUT2D eigenvalue weighted by Crippen LogP contribution is -2.61. The van der Waals surface area contributed by atoms with Crippen molar-refractivity contribution in [1.82, 2.24) is 52.1 Å². The number of hydrogen-bond acceptors (Lipinski definition) is 16. The number of thioether (sulfide) groups is 1. The SMILES string of the molecule is CSCC[C@H](NC(=O)[C@H](C)N)C(=O)N[C@@H](CS)C(=O)N[C@@H](CCCN=C(N)N)C(=O)N[C@@H](CCC(N)=O)C(=O)N[C@H](C(=O)N1CCC[C@H]1C(=O)N[C@@H](CS)C(=O)N[C@@H](Cc1cnc[nH]1)C(N)=O)C(C)C. The fourth-order valence-electron chi connectivity index (χ4n) is 6.97. The summed E-state index contributed by atoms with van der Waals surface area (Å²) in [5.74, 6) is -8.43. The number of nitrogens with zero attached hydrogens (tertiary/aromatic N) is 3. The van der Waals surface area contributed by atoms with E-state index >= 15 is 0 Å². The number of aromatic amines is 1. The van der Waals surface area contributed by atoms with Crippen LogP contribution < -0.4 is 65.9 Å². The van der Waals surface area contributed by atoms with Gasteiger partial charge in [0.2, 0.25) is 59.1 Å². The standard InChI is InChI=1S/C41H70N16O10S3/c1-20(2)31(40(67)57-13-6-8-29(57)39(66)55-28(18-69)38(65)53-26(32(44)59)15-22-16-47-19-49-22)56-36(63)24(9-10-30(43)58)52-34(61)23(7-5-12-48-41(45)46)51-37(64)27(17-68)54-35(62)25(11-14-70-4)50-33(60)21(3)42/h16,19-21,23-29,31,68-69H,5-15,17-18,42H2,1-4H3,(H2,43,58)(H2,44,59)(H,47,49)(H,50,60)(H,51,64)(H,52,61)(H,53,65)(H,54,62)(H,55,66)(H,56,63)(H4,45,46,48)/t21-,23-,24-,25-,26-,27-,28-,29-,31-/m0/s1. The highest BCUT2D eigenvalue weighted by Crippen LogP contribution is 2.21. The second kappa shape index (κ2) is 30.7. The molecule has 392 valence electrons. The number of rotatable bonds is 31. The maximum atomic E-state index is 14.3. The maximum Gasteiger partial charge on any atom is 0.246 e. The lowest BCUT2D eigenvalue weighted by molar-refractivity contribution is -0.143. The van der Waals surface area contributed by atoms with Crippen LogP contribution in [-0.2, 0) is 54.4 Å². The number of nitrogens with one attached hydrogen (secondary N) is 8. The minimum Gasteiger partial charge on any atom is -0.370 e. The van der Waals surface area contributed by atoms with Gasteiger partial charge in [-0.25, -0.2) is 4.98 Å². The lowest BCUT2D eigenvalue weighted by Gasteiger charge is -2.32. The van der Waals surface area contributed by atoms with Gasteiger partial charge in [0.25, 0.3) is 0 Å². The van der Waals surface area contributed by atoms with Crippen LogP contribution in [0.25, 0.3) is 0 Å². The van der Waals surface area contributed by atoms with Crippen LogP contribution in [0.5, 0.6) is 0 Å². The van der Waals surface area contributed by atoms with Crippen molar-refractivity contribution in [3.63, 3.8) is 0 Å². The Morgan fingerprint density at radius 1 is 0.757 bits per heavy atom. The molecule has 10 amide bonds. The molecule has 29 heteroatoms. The topological polar surface area (TPSA) is 429 Å². The summed E-state index contributed by atoms with van der Waals surface area (Å²) in [5, 5.41) is 18.0. The van der Waals surface area contributed by atoms with E-state index < -0.39 is 119 Å². The average Bonchev–Trinajstić information content (AvgIpc) is 4.02. The van der Waals surface area contributed by atoms with Crippen molar-refractivity contribution in [2.45, 2.75) is 127 Å². The molecule has 18 N–H and O–H groups in total. The quantitative estimate of drug-likeness (QED) is 0.0143. The summed E-state index contributed by atoms with van der Waals surface area (Å²) >= 11 is 9.88. The predicted octanol–water partition coefficient (Wildman–Crippen LogP) is -5.24. The lowest BCUT2D eigenvalue weighted by atomic mass is 10.0. The summed E-state index contributed by atoms with van der Waals surface area (Å²) < 4.78 is 0. The maximum absolute atomic E-state index is 14.3. The number of H-pyrrole nitrogens is 1. The van der Waals surface area contributed by atoms with Crippen LogP contribution in [0.2, 0.25) is 0 Å². The van der Waals surface area contributed by atoms with E-state index in [0.29, 0.717) is 17.9 Å². The monoisotopic (exact) mass is 1040 g/mol. The molecule has 1 aromatic rings. The molecule has 0 unspecified atom stereocenters. The van der Waals surface area contributed by atoms with Crippen molar-refractivity contribution < 1.29 is 47.9 Å². The first-order valence-electron chi connectivity index (χ1n) is 22.5. The van der Waals surface area contributed by atoms with Gasteiger partial charge in [-0.1, -0.05) is 13.8 Å². The van der Waals surface area contributed by atoms with E-state index in [0.717, 1.165) is 0 Å². The number of aliphatic imine (C=N–C) groups is 1.